The highest BCUT2D eigenvalue weighted by atomic mass is 32.2. The number of hydrogen-bond acceptors (Lipinski definition) is 7. The molecular weight excluding hydrogens is 386 g/mol. The normalized spacial score (nSPS) is 30.1. The molecule has 4 fully saturated rings. The van der Waals surface area contributed by atoms with Crippen molar-refractivity contribution in [2.45, 2.75) is 37.3 Å². The van der Waals surface area contributed by atoms with Crippen molar-refractivity contribution in [1.82, 2.24) is 15.2 Å². The zero-order valence-corrected chi connectivity index (χ0v) is 16.9. The first-order chi connectivity index (χ1) is 14.2. The van der Waals surface area contributed by atoms with Crippen molar-refractivity contribution in [3.05, 3.63) is 29.8 Å². The molecule has 0 amide bonds. The van der Waals surface area contributed by atoms with Crippen molar-refractivity contribution in [3.63, 3.8) is 0 Å². The topological polar surface area (TPSA) is 103 Å². The lowest BCUT2D eigenvalue weighted by molar-refractivity contribution is -0.133. The highest BCUT2D eigenvalue weighted by molar-refractivity contribution is 7.99. The lowest BCUT2D eigenvalue weighted by Crippen LogP contribution is -2.48. The van der Waals surface area contributed by atoms with Crippen LogP contribution < -0.4 is 5.43 Å². The Balaban J connectivity index is 1.14. The molecule has 4 bridgehead atoms. The van der Waals surface area contributed by atoms with E-state index in [0.717, 1.165) is 11.8 Å². The lowest BCUT2D eigenvalue weighted by Gasteiger charge is -2.53. The number of para-hydroxylation sites is 1. The molecule has 0 aliphatic heterocycles. The highest BCUT2D eigenvalue weighted by Crippen LogP contribution is 2.56. The number of carbonyl (C=O) groups is 1. The number of phenols is 1. The first kappa shape index (κ1) is 18.7. The summed E-state index contributed by atoms with van der Waals surface area (Å²) in [6.45, 7) is 0. The molecule has 2 aromatic rings. The molecule has 0 spiro atoms. The molecule has 29 heavy (non-hydrogen) atoms. The Bertz CT molecular complexity index is 899. The molecule has 1 aromatic heterocycles. The lowest BCUT2D eigenvalue weighted by atomic mass is 9.51. The van der Waals surface area contributed by atoms with Crippen LogP contribution >= 0.6 is 11.8 Å². The van der Waals surface area contributed by atoms with Gasteiger partial charge in [0.15, 0.2) is 0 Å². The van der Waals surface area contributed by atoms with Gasteiger partial charge in [-0.15, -0.1) is 5.10 Å². The van der Waals surface area contributed by atoms with E-state index in [1.165, 1.54) is 50.1 Å². The largest absolute Gasteiger partial charge is 0.507 e. The number of rotatable bonds is 7. The predicted octanol–water partition coefficient (Wildman–Crippen LogP) is 3.69. The summed E-state index contributed by atoms with van der Waals surface area (Å²) in [7, 11) is 0. The Hall–Kier alpha value is -2.35. The number of H-pyrrole nitrogens is 1. The van der Waals surface area contributed by atoms with Crippen molar-refractivity contribution in [3.8, 4) is 5.75 Å². The zero-order valence-electron chi connectivity index (χ0n) is 16.1. The number of phenolic OH excluding ortho intramolecular Hbond substituents is 1. The molecule has 4 aliphatic rings. The van der Waals surface area contributed by atoms with Gasteiger partial charge < -0.3 is 5.11 Å². The number of aromatic nitrogens is 3. The SMILES string of the molecule is O=C(CSc1n[nH]c(N/N=C/c2ccccc2O)n1)C1C2CC3CC(C2)CC1C3. The molecule has 0 unspecified atom stereocenters. The molecule has 8 heteroatoms. The number of Topliss-reactive ketones (excluding diaryl/α,β-unsaturated/α-hetero) is 1. The van der Waals surface area contributed by atoms with Crippen LogP contribution in [0.1, 0.15) is 37.7 Å². The first-order valence-corrected chi connectivity index (χ1v) is 11.3. The first-order valence-electron chi connectivity index (χ1n) is 10.3. The summed E-state index contributed by atoms with van der Waals surface area (Å²) in [5.41, 5.74) is 3.37. The van der Waals surface area contributed by atoms with Crippen LogP contribution in [-0.4, -0.2) is 38.0 Å². The fourth-order valence-electron chi connectivity index (χ4n) is 5.80. The summed E-state index contributed by atoms with van der Waals surface area (Å²) in [6, 6.07) is 6.94. The Morgan fingerprint density at radius 3 is 2.66 bits per heavy atom. The number of benzene rings is 1. The number of nitrogens with one attached hydrogen (secondary N) is 2. The van der Waals surface area contributed by atoms with Crippen molar-refractivity contribution >= 4 is 29.7 Å². The van der Waals surface area contributed by atoms with Gasteiger partial charge in [-0.25, -0.2) is 10.5 Å². The molecule has 152 valence electrons. The number of hydrazone groups is 1. The third-order valence-corrected chi connectivity index (χ3v) is 7.59. The number of nitrogens with zero attached hydrogens (tertiary/aromatic N) is 3. The Morgan fingerprint density at radius 1 is 1.21 bits per heavy atom. The van der Waals surface area contributed by atoms with Crippen LogP contribution in [0, 0.1) is 29.6 Å². The van der Waals surface area contributed by atoms with E-state index in [1.54, 1.807) is 18.2 Å². The minimum absolute atomic E-state index is 0.162. The quantitative estimate of drug-likeness (QED) is 0.365. The van der Waals surface area contributed by atoms with Crippen LogP contribution in [0.4, 0.5) is 5.95 Å². The van der Waals surface area contributed by atoms with Crippen molar-refractivity contribution < 1.29 is 9.90 Å². The second kappa shape index (κ2) is 7.82. The predicted molar refractivity (Wildman–Crippen MR) is 112 cm³/mol. The molecule has 0 saturated heterocycles. The van der Waals surface area contributed by atoms with Gasteiger partial charge in [0, 0.05) is 11.5 Å². The Labute approximate surface area is 173 Å². The van der Waals surface area contributed by atoms with E-state index in [4.69, 9.17) is 0 Å². The molecule has 1 heterocycles. The van der Waals surface area contributed by atoms with Crippen molar-refractivity contribution in [1.29, 1.82) is 0 Å². The number of aromatic hydroxyl groups is 1. The summed E-state index contributed by atoms with van der Waals surface area (Å²) in [4.78, 5) is 17.3. The van der Waals surface area contributed by atoms with Gasteiger partial charge in [-0.05, 0) is 67.9 Å². The van der Waals surface area contributed by atoms with Crippen molar-refractivity contribution in [2.24, 2.45) is 34.7 Å². The van der Waals surface area contributed by atoms with E-state index in [-0.39, 0.29) is 11.7 Å². The molecule has 0 atom stereocenters. The second-order valence-corrected chi connectivity index (χ2v) is 9.55. The maximum atomic E-state index is 12.9. The molecule has 4 saturated carbocycles. The average molecular weight is 412 g/mol. The third kappa shape index (κ3) is 3.90. The highest BCUT2D eigenvalue weighted by Gasteiger charge is 2.50. The Kier molecular flexibility index (Phi) is 5.03. The van der Waals surface area contributed by atoms with E-state index in [9.17, 15) is 9.90 Å². The van der Waals surface area contributed by atoms with Crippen LogP contribution in [0.2, 0.25) is 0 Å². The molecule has 0 radical (unpaired) electrons. The van der Waals surface area contributed by atoms with Crippen LogP contribution in [0.25, 0.3) is 0 Å². The third-order valence-electron chi connectivity index (χ3n) is 6.72. The van der Waals surface area contributed by atoms with E-state index in [2.05, 4.69) is 25.7 Å². The average Bonchev–Trinajstić information content (AvgIpc) is 3.15. The van der Waals surface area contributed by atoms with Gasteiger partial charge in [0.05, 0.1) is 12.0 Å². The molecular formula is C21H25N5O2S. The second-order valence-electron chi connectivity index (χ2n) is 8.61. The molecule has 4 aliphatic carbocycles. The fourth-order valence-corrected chi connectivity index (χ4v) is 6.53. The van der Waals surface area contributed by atoms with Gasteiger partial charge in [-0.1, -0.05) is 23.9 Å². The van der Waals surface area contributed by atoms with Gasteiger partial charge in [0.1, 0.15) is 11.5 Å². The number of hydrogen-bond donors (Lipinski definition) is 3. The number of aromatic amines is 1. The zero-order chi connectivity index (χ0) is 19.8. The Morgan fingerprint density at radius 2 is 1.93 bits per heavy atom. The minimum atomic E-state index is 0.162. The van der Waals surface area contributed by atoms with E-state index in [0.29, 0.717) is 40.0 Å². The summed E-state index contributed by atoms with van der Waals surface area (Å²) in [5, 5.41) is 21.3. The van der Waals surface area contributed by atoms with Crippen LogP contribution in [0.5, 0.6) is 5.75 Å². The van der Waals surface area contributed by atoms with Gasteiger partial charge in [-0.2, -0.15) is 10.1 Å². The standard InChI is InChI=1S/C21H25N5O2S/c27-17-4-2-1-3-14(17)10-22-24-20-23-21(26-25-20)29-11-18(28)19-15-6-12-5-13(8-15)9-16(19)7-12/h1-4,10,12-13,15-16,19,27H,5-9,11H2,(H2,23,24,25,26)/b22-10+. The molecule has 1 aromatic carbocycles. The number of anilines is 1. The molecule has 3 N–H and O–H groups in total. The molecule has 7 nitrogen and oxygen atoms in total. The van der Waals surface area contributed by atoms with Gasteiger partial charge in [0.2, 0.25) is 11.1 Å². The summed E-state index contributed by atoms with van der Waals surface area (Å²) >= 11 is 1.39. The number of carbonyl (C=O) groups excluding carboxylic acids is 1. The van der Waals surface area contributed by atoms with E-state index in [1.807, 2.05) is 6.07 Å². The van der Waals surface area contributed by atoms with Crippen molar-refractivity contribution in [2.75, 3.05) is 11.2 Å². The van der Waals surface area contributed by atoms with Crippen LogP contribution in [-0.2, 0) is 4.79 Å². The summed E-state index contributed by atoms with van der Waals surface area (Å²) in [6.07, 6.45) is 7.97. The number of ketones is 1. The summed E-state index contributed by atoms with van der Waals surface area (Å²) in [5.74, 6) is 4.64. The molecule has 6 rings (SSSR count). The van der Waals surface area contributed by atoms with Gasteiger partial charge in [-0.3, -0.25) is 4.79 Å². The minimum Gasteiger partial charge on any atom is -0.507 e. The smallest absolute Gasteiger partial charge is 0.240 e. The monoisotopic (exact) mass is 411 g/mol. The van der Waals surface area contributed by atoms with Crippen LogP contribution in [0.15, 0.2) is 34.5 Å². The van der Waals surface area contributed by atoms with Gasteiger partial charge in [0.25, 0.3) is 0 Å². The van der Waals surface area contributed by atoms with Gasteiger partial charge >= 0.3 is 0 Å². The summed E-state index contributed by atoms with van der Waals surface area (Å²) < 4.78 is 0. The van der Waals surface area contributed by atoms with E-state index >= 15 is 0 Å². The fraction of sp³-hybridized carbons (Fsp3) is 0.524. The number of thioether (sulfide) groups is 1. The van der Waals surface area contributed by atoms with E-state index < -0.39 is 0 Å². The maximum absolute atomic E-state index is 12.9. The maximum Gasteiger partial charge on any atom is 0.240 e. The van der Waals surface area contributed by atoms with Crippen LogP contribution in [0.3, 0.4) is 0 Å².